The standard InChI is InChI=1S/C27H29ClFN5O3.ClH/c1-19-6-8-22(18-24(19)29)31-27(35)20-7-9-25(26(16-20)34(36)37)30-10-3-11-32-12-14-33(15-13-32)23-5-2-4-21(28)17-23;/h2,4-9,16-18,30H,3,10-15H2,1H3,(H,31,35);1H. The molecule has 1 fully saturated rings. The summed E-state index contributed by atoms with van der Waals surface area (Å²) < 4.78 is 13.8. The zero-order valence-corrected chi connectivity index (χ0v) is 22.5. The van der Waals surface area contributed by atoms with Gasteiger partial charge in [0.1, 0.15) is 11.5 Å². The quantitative estimate of drug-likeness (QED) is 0.189. The van der Waals surface area contributed by atoms with Gasteiger partial charge in [0, 0.05) is 60.8 Å². The van der Waals surface area contributed by atoms with Crippen LogP contribution in [0.25, 0.3) is 0 Å². The monoisotopic (exact) mass is 561 g/mol. The number of nitrogens with zero attached hydrogens (tertiary/aromatic N) is 3. The lowest BCUT2D eigenvalue weighted by Gasteiger charge is -2.36. The number of nitro benzene ring substituents is 1. The zero-order chi connectivity index (χ0) is 26.4. The minimum absolute atomic E-state index is 0. The van der Waals surface area contributed by atoms with E-state index in [2.05, 4.69) is 26.5 Å². The molecule has 38 heavy (non-hydrogen) atoms. The third-order valence-corrected chi connectivity index (χ3v) is 6.63. The number of piperazine rings is 1. The fourth-order valence-electron chi connectivity index (χ4n) is 4.28. The Labute approximate surface area is 232 Å². The molecule has 0 bridgehead atoms. The third kappa shape index (κ3) is 7.56. The van der Waals surface area contributed by atoms with Crippen molar-refractivity contribution in [3.05, 3.63) is 92.7 Å². The van der Waals surface area contributed by atoms with E-state index in [1.54, 1.807) is 19.1 Å². The molecule has 8 nitrogen and oxygen atoms in total. The van der Waals surface area contributed by atoms with Gasteiger partial charge in [-0.05, 0) is 67.9 Å². The van der Waals surface area contributed by atoms with Crippen molar-refractivity contribution in [2.24, 2.45) is 0 Å². The number of benzene rings is 3. The number of amides is 1. The SMILES string of the molecule is Cc1ccc(NC(=O)c2ccc(NCCCN3CCN(c4cccc(Cl)c4)CC3)c([N+](=O)[O-])c2)cc1F.Cl. The number of anilines is 3. The van der Waals surface area contributed by atoms with E-state index < -0.39 is 16.6 Å². The maximum atomic E-state index is 13.8. The molecule has 1 aliphatic heterocycles. The Balaban J connectivity index is 0.00000400. The highest BCUT2D eigenvalue weighted by molar-refractivity contribution is 6.30. The Kier molecular flexibility index (Phi) is 10.3. The van der Waals surface area contributed by atoms with Crippen molar-refractivity contribution in [1.82, 2.24) is 4.90 Å². The van der Waals surface area contributed by atoms with Crippen molar-refractivity contribution >= 4 is 52.7 Å². The van der Waals surface area contributed by atoms with Gasteiger partial charge in [0.2, 0.25) is 0 Å². The van der Waals surface area contributed by atoms with Crippen molar-refractivity contribution in [3.8, 4) is 0 Å². The van der Waals surface area contributed by atoms with E-state index in [-0.39, 0.29) is 29.3 Å². The molecular formula is C27H30Cl2FN5O3. The van der Waals surface area contributed by atoms with Crippen LogP contribution >= 0.6 is 24.0 Å². The first kappa shape index (κ1) is 29.2. The Morgan fingerprint density at radius 3 is 2.53 bits per heavy atom. The molecule has 1 aliphatic rings. The molecule has 0 saturated carbocycles. The number of nitrogens with one attached hydrogen (secondary N) is 2. The summed E-state index contributed by atoms with van der Waals surface area (Å²) in [6.45, 7) is 6.75. The number of halogens is 3. The first-order valence-corrected chi connectivity index (χ1v) is 12.5. The molecule has 0 spiro atoms. The van der Waals surface area contributed by atoms with Crippen LogP contribution in [0.3, 0.4) is 0 Å². The molecule has 0 radical (unpaired) electrons. The first-order chi connectivity index (χ1) is 17.8. The van der Waals surface area contributed by atoms with Crippen LogP contribution in [0.5, 0.6) is 0 Å². The Hall–Kier alpha value is -3.40. The smallest absolute Gasteiger partial charge is 0.293 e. The van der Waals surface area contributed by atoms with E-state index in [1.807, 2.05) is 18.2 Å². The normalized spacial score (nSPS) is 13.5. The Morgan fingerprint density at radius 1 is 1.08 bits per heavy atom. The fraction of sp³-hybridized carbons (Fsp3) is 0.296. The van der Waals surface area contributed by atoms with Crippen molar-refractivity contribution < 1.29 is 14.1 Å². The second kappa shape index (κ2) is 13.4. The topological polar surface area (TPSA) is 90.8 Å². The Morgan fingerprint density at radius 2 is 1.84 bits per heavy atom. The van der Waals surface area contributed by atoms with Crippen molar-refractivity contribution in [1.29, 1.82) is 0 Å². The second-order valence-electron chi connectivity index (χ2n) is 9.00. The molecule has 0 atom stereocenters. The molecule has 0 aliphatic carbocycles. The Bertz CT molecular complexity index is 1290. The molecule has 11 heteroatoms. The number of carbonyl (C=O) groups is 1. The van der Waals surface area contributed by atoms with Gasteiger partial charge in [0.25, 0.3) is 11.6 Å². The molecule has 1 amide bonds. The largest absolute Gasteiger partial charge is 0.379 e. The van der Waals surface area contributed by atoms with Crippen LogP contribution < -0.4 is 15.5 Å². The van der Waals surface area contributed by atoms with Crippen LogP contribution in [-0.4, -0.2) is 55.0 Å². The van der Waals surface area contributed by atoms with E-state index in [9.17, 15) is 19.3 Å². The summed E-state index contributed by atoms with van der Waals surface area (Å²) in [6.07, 6.45) is 0.815. The highest BCUT2D eigenvalue weighted by Crippen LogP contribution is 2.26. The summed E-state index contributed by atoms with van der Waals surface area (Å²) in [5.41, 5.74) is 2.17. The first-order valence-electron chi connectivity index (χ1n) is 12.1. The number of carbonyl (C=O) groups excluding carboxylic acids is 1. The predicted octanol–water partition coefficient (Wildman–Crippen LogP) is 5.99. The van der Waals surface area contributed by atoms with Gasteiger partial charge in [0.05, 0.1) is 4.92 Å². The average Bonchev–Trinajstić information content (AvgIpc) is 2.89. The lowest BCUT2D eigenvalue weighted by Crippen LogP contribution is -2.46. The van der Waals surface area contributed by atoms with Gasteiger partial charge < -0.3 is 15.5 Å². The van der Waals surface area contributed by atoms with E-state index in [0.717, 1.165) is 49.9 Å². The van der Waals surface area contributed by atoms with E-state index in [0.29, 0.717) is 17.8 Å². The molecule has 2 N–H and O–H groups in total. The second-order valence-corrected chi connectivity index (χ2v) is 9.43. The lowest BCUT2D eigenvalue weighted by atomic mass is 10.1. The van der Waals surface area contributed by atoms with Crippen LogP contribution in [0.2, 0.25) is 5.02 Å². The molecule has 1 saturated heterocycles. The number of rotatable bonds is 9. The number of nitro groups is 1. The number of hydrogen-bond acceptors (Lipinski definition) is 6. The predicted molar refractivity (Wildman–Crippen MR) is 153 cm³/mol. The van der Waals surface area contributed by atoms with E-state index >= 15 is 0 Å². The van der Waals surface area contributed by atoms with Gasteiger partial charge in [0.15, 0.2) is 0 Å². The zero-order valence-electron chi connectivity index (χ0n) is 21.0. The maximum absolute atomic E-state index is 13.8. The van der Waals surface area contributed by atoms with Crippen LogP contribution in [0.1, 0.15) is 22.3 Å². The fourth-order valence-corrected chi connectivity index (χ4v) is 4.46. The molecule has 1 heterocycles. The van der Waals surface area contributed by atoms with Crippen molar-refractivity contribution in [2.75, 3.05) is 54.8 Å². The molecule has 0 unspecified atom stereocenters. The average molecular weight is 562 g/mol. The highest BCUT2D eigenvalue weighted by atomic mass is 35.5. The van der Waals surface area contributed by atoms with E-state index in [4.69, 9.17) is 11.6 Å². The summed E-state index contributed by atoms with van der Waals surface area (Å²) in [7, 11) is 0. The van der Waals surface area contributed by atoms with Crippen LogP contribution in [0.4, 0.5) is 27.1 Å². The van der Waals surface area contributed by atoms with Gasteiger partial charge in [-0.2, -0.15) is 0 Å². The van der Waals surface area contributed by atoms with Gasteiger partial charge in [-0.15, -0.1) is 12.4 Å². The van der Waals surface area contributed by atoms with Gasteiger partial charge >= 0.3 is 0 Å². The van der Waals surface area contributed by atoms with Gasteiger partial charge in [-0.25, -0.2) is 4.39 Å². The summed E-state index contributed by atoms with van der Waals surface area (Å²) in [6, 6.07) is 16.5. The van der Waals surface area contributed by atoms with Crippen LogP contribution in [0.15, 0.2) is 60.7 Å². The highest BCUT2D eigenvalue weighted by Gasteiger charge is 2.19. The maximum Gasteiger partial charge on any atom is 0.293 e. The van der Waals surface area contributed by atoms with Gasteiger partial charge in [-0.3, -0.25) is 19.8 Å². The summed E-state index contributed by atoms with van der Waals surface area (Å²) in [4.78, 5) is 28.4. The molecule has 202 valence electrons. The molecule has 0 aromatic heterocycles. The summed E-state index contributed by atoms with van der Waals surface area (Å²) >= 11 is 6.11. The van der Waals surface area contributed by atoms with Crippen LogP contribution in [-0.2, 0) is 0 Å². The lowest BCUT2D eigenvalue weighted by molar-refractivity contribution is -0.384. The minimum Gasteiger partial charge on any atom is -0.379 e. The number of aryl methyl sites for hydroxylation is 1. The summed E-state index contributed by atoms with van der Waals surface area (Å²) in [5.74, 6) is -0.985. The van der Waals surface area contributed by atoms with Crippen LogP contribution in [0, 0.1) is 22.9 Å². The van der Waals surface area contributed by atoms with E-state index in [1.165, 1.54) is 24.3 Å². The molecule has 3 aromatic rings. The summed E-state index contributed by atoms with van der Waals surface area (Å²) in [5, 5.41) is 18.1. The molecule has 4 rings (SSSR count). The molecular weight excluding hydrogens is 532 g/mol. The minimum atomic E-state index is -0.546. The van der Waals surface area contributed by atoms with Crippen molar-refractivity contribution in [3.63, 3.8) is 0 Å². The third-order valence-electron chi connectivity index (χ3n) is 6.40. The molecule has 3 aromatic carbocycles. The number of hydrogen-bond donors (Lipinski definition) is 2. The van der Waals surface area contributed by atoms with Gasteiger partial charge in [-0.1, -0.05) is 23.7 Å². The van der Waals surface area contributed by atoms with Crippen molar-refractivity contribution in [2.45, 2.75) is 13.3 Å².